The van der Waals surface area contributed by atoms with E-state index in [1.54, 1.807) is 6.92 Å². The third-order valence-corrected chi connectivity index (χ3v) is 12.4. The van der Waals surface area contributed by atoms with E-state index < -0.39 is 23.7 Å². The molecule has 0 radical (unpaired) electrons. The van der Waals surface area contributed by atoms with Gasteiger partial charge in [0.1, 0.15) is 6.61 Å². The second kappa shape index (κ2) is 19.5. The summed E-state index contributed by atoms with van der Waals surface area (Å²) in [5, 5.41) is 3.38. The highest BCUT2D eigenvalue weighted by Gasteiger charge is 2.42. The van der Waals surface area contributed by atoms with Gasteiger partial charge in [-0.2, -0.15) is 0 Å². The Labute approximate surface area is 344 Å². The number of hydrogen-bond donors (Lipinski definition) is 1. The Bertz CT molecular complexity index is 2020. The molecule has 0 saturated heterocycles. The molecule has 296 valence electrons. The van der Waals surface area contributed by atoms with Gasteiger partial charge in [-0.25, -0.2) is 4.79 Å². The molecule has 5 aromatic carbocycles. The molecule has 1 amide bonds. The first-order valence-electron chi connectivity index (χ1n) is 21.2. The molecule has 0 aliphatic heterocycles. The number of alkyl carbamates (subject to hydrolysis) is 1. The first-order chi connectivity index (χ1) is 27.9. The smallest absolute Gasteiger partial charge is 0.407 e. The fraction of sp³-hybridized carbons (Fsp3) is 0.373. The number of nitrogens with one attached hydrogen (secondary N) is 1. The predicted molar refractivity (Wildman–Crippen MR) is 231 cm³/mol. The van der Waals surface area contributed by atoms with Crippen molar-refractivity contribution in [3.05, 3.63) is 166 Å². The van der Waals surface area contributed by atoms with Gasteiger partial charge in [-0.3, -0.25) is 4.79 Å². The van der Waals surface area contributed by atoms with Crippen LogP contribution in [-0.2, 0) is 19.9 Å². The third kappa shape index (κ3) is 9.64. The van der Waals surface area contributed by atoms with E-state index in [4.69, 9.17) is 21.1 Å². The zero-order valence-electron chi connectivity index (χ0n) is 33.3. The topological polar surface area (TPSA) is 64.6 Å². The summed E-state index contributed by atoms with van der Waals surface area (Å²) in [6.07, 6.45) is 14.9. The number of rotatable bonds is 10. The molecule has 0 heterocycles. The quantitative estimate of drug-likeness (QED) is 0.113. The van der Waals surface area contributed by atoms with Crippen LogP contribution >= 0.6 is 11.6 Å². The fourth-order valence-electron chi connectivity index (χ4n) is 9.09. The molecule has 0 bridgehead atoms. The number of fused-ring (bicyclic) bond motifs is 3. The number of ether oxygens (including phenoxy) is 2. The summed E-state index contributed by atoms with van der Waals surface area (Å²) < 4.78 is 12.5. The molecule has 1 unspecified atom stereocenters. The van der Waals surface area contributed by atoms with E-state index in [9.17, 15) is 9.59 Å². The van der Waals surface area contributed by atoms with E-state index in [-0.39, 0.29) is 18.9 Å². The van der Waals surface area contributed by atoms with Crippen molar-refractivity contribution in [2.24, 2.45) is 0 Å². The van der Waals surface area contributed by atoms with E-state index >= 15 is 0 Å². The van der Waals surface area contributed by atoms with Crippen molar-refractivity contribution in [2.45, 2.75) is 114 Å². The molecule has 7 rings (SSSR count). The zero-order valence-corrected chi connectivity index (χ0v) is 34.0. The van der Waals surface area contributed by atoms with Crippen LogP contribution in [0.2, 0.25) is 5.02 Å². The summed E-state index contributed by atoms with van der Waals surface area (Å²) in [6.45, 7) is 1.99. The van der Waals surface area contributed by atoms with Gasteiger partial charge in [0.2, 0.25) is 0 Å². The number of amides is 1. The maximum Gasteiger partial charge on any atom is 0.407 e. The largest absolute Gasteiger partial charge is 0.449 e. The fourth-order valence-corrected chi connectivity index (χ4v) is 9.36. The van der Waals surface area contributed by atoms with Crippen LogP contribution in [0.4, 0.5) is 4.79 Å². The van der Waals surface area contributed by atoms with Gasteiger partial charge in [0.05, 0.1) is 6.42 Å². The lowest BCUT2D eigenvalue weighted by atomic mass is 9.78. The molecular weight excluding hydrogens is 726 g/mol. The Morgan fingerprint density at radius 2 is 1.16 bits per heavy atom. The average molecular weight is 782 g/mol. The number of halogens is 1. The standard InChI is InChI=1S/C51H56ClNO4/c1-37(53-50(55)56-36-46-44-27-17-15-25-42(44)43-26-16-18-28-45(43)46)35-49(54)57-51(40-23-13-10-14-24-40,47-29-19-20-30-48(47)52)41-33-31-39(32-34-41)38-21-11-8-6-4-2-3-5-7-9-12-22-38/h10,13-20,23-34,37-38,46H,2-9,11-12,21-22,35-36H2,1H3,(H,53,55)/t37-,51?/m1/s1. The van der Waals surface area contributed by atoms with Crippen LogP contribution in [0.5, 0.6) is 0 Å². The van der Waals surface area contributed by atoms with Gasteiger partial charge in [0.25, 0.3) is 0 Å². The molecule has 57 heavy (non-hydrogen) atoms. The Morgan fingerprint density at radius 1 is 0.649 bits per heavy atom. The van der Waals surface area contributed by atoms with Crippen LogP contribution in [-0.4, -0.2) is 24.7 Å². The van der Waals surface area contributed by atoms with Crippen LogP contribution in [0.3, 0.4) is 0 Å². The molecule has 1 fully saturated rings. The molecule has 2 atom stereocenters. The Hall–Kier alpha value is -4.87. The Balaban J connectivity index is 1.09. The highest BCUT2D eigenvalue weighted by atomic mass is 35.5. The van der Waals surface area contributed by atoms with Crippen molar-refractivity contribution in [1.82, 2.24) is 5.32 Å². The van der Waals surface area contributed by atoms with Gasteiger partial charge in [-0.15, -0.1) is 0 Å². The number of benzene rings is 5. The Kier molecular flexibility index (Phi) is 13.8. The van der Waals surface area contributed by atoms with Gasteiger partial charge in [-0.1, -0.05) is 197 Å². The molecule has 0 spiro atoms. The van der Waals surface area contributed by atoms with Crippen molar-refractivity contribution in [1.29, 1.82) is 0 Å². The van der Waals surface area contributed by atoms with Crippen molar-refractivity contribution >= 4 is 23.7 Å². The average Bonchev–Trinajstić information content (AvgIpc) is 3.56. The zero-order chi connectivity index (χ0) is 39.5. The first kappa shape index (κ1) is 40.3. The molecule has 2 aliphatic rings. The molecule has 1 saturated carbocycles. The van der Waals surface area contributed by atoms with E-state index in [2.05, 4.69) is 53.8 Å². The van der Waals surface area contributed by atoms with Crippen molar-refractivity contribution < 1.29 is 19.1 Å². The van der Waals surface area contributed by atoms with Crippen molar-refractivity contribution in [3.8, 4) is 11.1 Å². The van der Waals surface area contributed by atoms with Crippen molar-refractivity contribution in [2.75, 3.05) is 6.61 Å². The molecule has 5 aromatic rings. The summed E-state index contributed by atoms with van der Waals surface area (Å²) in [4.78, 5) is 27.4. The minimum atomic E-state index is -1.33. The SMILES string of the molecule is C[C@H](CC(=O)OC(c1ccccc1)(c1ccc(C2CCCCCCCCCCCC2)cc1)c1ccccc1Cl)NC(=O)OCC1c2ccccc2-c2ccccc21. The van der Waals surface area contributed by atoms with Crippen LogP contribution in [0.25, 0.3) is 11.1 Å². The van der Waals surface area contributed by atoms with Gasteiger partial charge < -0.3 is 14.8 Å². The third-order valence-electron chi connectivity index (χ3n) is 12.0. The second-order valence-electron chi connectivity index (χ2n) is 16.0. The lowest BCUT2D eigenvalue weighted by Crippen LogP contribution is -2.39. The molecule has 1 N–H and O–H groups in total. The summed E-state index contributed by atoms with van der Waals surface area (Å²) >= 11 is 7.01. The number of hydrogen-bond acceptors (Lipinski definition) is 4. The predicted octanol–water partition coefficient (Wildman–Crippen LogP) is 13.3. The van der Waals surface area contributed by atoms with Crippen LogP contribution in [0.1, 0.15) is 136 Å². The van der Waals surface area contributed by atoms with Crippen molar-refractivity contribution in [3.63, 3.8) is 0 Å². The van der Waals surface area contributed by atoms with Gasteiger partial charge >= 0.3 is 12.1 Å². The number of carbonyl (C=O) groups excluding carboxylic acids is 2. The second-order valence-corrected chi connectivity index (χ2v) is 16.4. The van der Waals surface area contributed by atoms with Crippen LogP contribution in [0.15, 0.2) is 127 Å². The van der Waals surface area contributed by atoms with Crippen LogP contribution < -0.4 is 5.32 Å². The lowest BCUT2D eigenvalue weighted by molar-refractivity contribution is -0.154. The summed E-state index contributed by atoms with van der Waals surface area (Å²) in [5.74, 6) is -0.0278. The number of carbonyl (C=O) groups is 2. The highest BCUT2D eigenvalue weighted by Crippen LogP contribution is 2.46. The summed E-state index contributed by atoms with van der Waals surface area (Å²) in [7, 11) is 0. The maximum atomic E-state index is 14.2. The molecule has 0 aromatic heterocycles. The summed E-state index contributed by atoms with van der Waals surface area (Å²) in [6, 6.07) is 42.1. The lowest BCUT2D eigenvalue weighted by Gasteiger charge is -2.36. The number of esters is 1. The normalized spacial score (nSPS) is 17.0. The van der Waals surface area contributed by atoms with E-state index in [0.717, 1.165) is 22.3 Å². The van der Waals surface area contributed by atoms with Gasteiger partial charge in [0, 0.05) is 33.7 Å². The Morgan fingerprint density at radius 3 is 1.75 bits per heavy atom. The monoisotopic (exact) mass is 781 g/mol. The van der Waals surface area contributed by atoms with Gasteiger partial charge in [0.15, 0.2) is 5.60 Å². The molecule has 6 heteroatoms. The first-order valence-corrected chi connectivity index (χ1v) is 21.6. The van der Waals surface area contributed by atoms with Crippen LogP contribution in [0, 0.1) is 0 Å². The van der Waals surface area contributed by atoms with E-state index in [0.29, 0.717) is 16.5 Å². The summed E-state index contributed by atoms with van der Waals surface area (Å²) in [5.41, 5.74) is 6.91. The minimum absolute atomic E-state index is 0.0586. The molecule has 5 nitrogen and oxygen atoms in total. The van der Waals surface area contributed by atoms with E-state index in [1.807, 2.05) is 78.9 Å². The van der Waals surface area contributed by atoms with Gasteiger partial charge in [-0.05, 0) is 59.6 Å². The maximum absolute atomic E-state index is 14.2. The van der Waals surface area contributed by atoms with E-state index in [1.165, 1.54) is 93.7 Å². The highest BCUT2D eigenvalue weighted by molar-refractivity contribution is 6.31. The minimum Gasteiger partial charge on any atom is -0.449 e. The molecule has 2 aliphatic carbocycles. The molecular formula is C51H56ClNO4.